The predicted molar refractivity (Wildman–Crippen MR) is 71.6 cm³/mol. The molecule has 1 fully saturated rings. The minimum absolute atomic E-state index is 0. The number of thiazole rings is 1. The molecular formula is C11H17ClF3N3S. The van der Waals surface area contributed by atoms with Crippen LogP contribution in [0.4, 0.5) is 13.2 Å². The third kappa shape index (κ3) is 4.30. The monoisotopic (exact) mass is 315 g/mol. The summed E-state index contributed by atoms with van der Waals surface area (Å²) < 4.78 is 38.4. The van der Waals surface area contributed by atoms with Crippen LogP contribution in [-0.2, 0) is 12.7 Å². The van der Waals surface area contributed by atoms with Crippen molar-refractivity contribution in [3.63, 3.8) is 0 Å². The third-order valence-corrected chi connectivity index (χ3v) is 4.03. The first-order valence-electron chi connectivity index (χ1n) is 5.87. The fourth-order valence-electron chi connectivity index (χ4n) is 2.11. The fourth-order valence-corrected chi connectivity index (χ4v) is 3.11. The summed E-state index contributed by atoms with van der Waals surface area (Å²) >= 11 is 1.13. The zero-order valence-electron chi connectivity index (χ0n) is 10.5. The molecule has 0 aliphatic carbocycles. The van der Waals surface area contributed by atoms with E-state index >= 15 is 0 Å². The van der Waals surface area contributed by atoms with Crippen LogP contribution in [0.3, 0.4) is 0 Å². The van der Waals surface area contributed by atoms with Crippen molar-refractivity contribution < 1.29 is 13.2 Å². The van der Waals surface area contributed by atoms with Crippen LogP contribution in [0.1, 0.15) is 28.4 Å². The van der Waals surface area contributed by atoms with E-state index in [9.17, 15) is 13.2 Å². The number of piperidine rings is 1. The number of aromatic nitrogens is 1. The van der Waals surface area contributed by atoms with Crippen molar-refractivity contribution in [2.75, 3.05) is 13.1 Å². The highest BCUT2D eigenvalue weighted by Gasteiger charge is 2.37. The summed E-state index contributed by atoms with van der Waals surface area (Å²) in [5.74, 6) is 0. The van der Waals surface area contributed by atoms with Crippen LogP contribution in [0.25, 0.3) is 0 Å². The molecule has 0 radical (unpaired) electrons. The normalized spacial score (nSPS) is 18.4. The number of alkyl halides is 3. The van der Waals surface area contributed by atoms with Crippen LogP contribution in [0, 0.1) is 6.92 Å². The van der Waals surface area contributed by atoms with Gasteiger partial charge in [0.1, 0.15) is 0 Å². The summed E-state index contributed by atoms with van der Waals surface area (Å²) in [6.45, 7) is 3.45. The van der Waals surface area contributed by atoms with Crippen LogP contribution in [-0.4, -0.2) is 29.0 Å². The molecule has 1 saturated heterocycles. The molecular weight excluding hydrogens is 299 g/mol. The lowest BCUT2D eigenvalue weighted by Crippen LogP contribution is -2.39. The number of likely N-dealkylation sites (tertiary alicyclic amines) is 1. The third-order valence-electron chi connectivity index (χ3n) is 3.07. The summed E-state index contributed by atoms with van der Waals surface area (Å²) in [7, 11) is 0. The topological polar surface area (TPSA) is 42.2 Å². The van der Waals surface area contributed by atoms with Gasteiger partial charge in [0.15, 0.2) is 5.69 Å². The Kier molecular flexibility index (Phi) is 5.61. The van der Waals surface area contributed by atoms with Crippen LogP contribution >= 0.6 is 23.7 Å². The van der Waals surface area contributed by atoms with Gasteiger partial charge in [0.05, 0.1) is 9.88 Å². The van der Waals surface area contributed by atoms with Gasteiger partial charge in [-0.2, -0.15) is 13.2 Å². The first kappa shape index (κ1) is 16.7. The van der Waals surface area contributed by atoms with Crippen molar-refractivity contribution in [2.45, 2.75) is 38.5 Å². The maximum absolute atomic E-state index is 12.8. The molecule has 3 nitrogen and oxygen atoms in total. The molecule has 2 rings (SSSR count). The van der Waals surface area contributed by atoms with E-state index in [1.165, 1.54) is 0 Å². The Balaban J connectivity index is 0.00000180. The van der Waals surface area contributed by atoms with Gasteiger partial charge in [0.25, 0.3) is 0 Å². The molecule has 1 aliphatic rings. The first-order chi connectivity index (χ1) is 8.36. The first-order valence-corrected chi connectivity index (χ1v) is 6.69. The Morgan fingerprint density at radius 2 is 1.95 bits per heavy atom. The lowest BCUT2D eigenvalue weighted by Gasteiger charge is -2.29. The summed E-state index contributed by atoms with van der Waals surface area (Å²) in [6.07, 6.45) is -2.66. The van der Waals surface area contributed by atoms with E-state index in [2.05, 4.69) is 4.98 Å². The number of hydrogen-bond donors (Lipinski definition) is 1. The van der Waals surface area contributed by atoms with Crippen LogP contribution in [0.2, 0.25) is 0 Å². The molecule has 0 aromatic carbocycles. The minimum atomic E-state index is -4.35. The van der Waals surface area contributed by atoms with Crippen molar-refractivity contribution in [1.29, 1.82) is 0 Å². The average Bonchev–Trinajstić information content (AvgIpc) is 2.63. The SMILES string of the molecule is Cc1nc(C(F)(F)F)c(CN2CCC(N)CC2)s1.Cl. The quantitative estimate of drug-likeness (QED) is 0.912. The van der Waals surface area contributed by atoms with E-state index in [-0.39, 0.29) is 18.4 Å². The van der Waals surface area contributed by atoms with Crippen molar-refractivity contribution in [3.8, 4) is 0 Å². The zero-order valence-corrected chi connectivity index (χ0v) is 12.2. The molecule has 8 heteroatoms. The second kappa shape index (κ2) is 6.39. The maximum atomic E-state index is 12.8. The average molecular weight is 316 g/mol. The van der Waals surface area contributed by atoms with E-state index in [0.29, 0.717) is 16.4 Å². The second-order valence-corrected chi connectivity index (χ2v) is 5.90. The van der Waals surface area contributed by atoms with E-state index in [1.54, 1.807) is 6.92 Å². The van der Waals surface area contributed by atoms with Crippen LogP contribution < -0.4 is 5.73 Å². The number of aryl methyl sites for hydroxylation is 1. The van der Waals surface area contributed by atoms with Gasteiger partial charge in [0.2, 0.25) is 0 Å². The Morgan fingerprint density at radius 3 is 2.47 bits per heavy atom. The van der Waals surface area contributed by atoms with E-state index in [0.717, 1.165) is 37.3 Å². The highest BCUT2D eigenvalue weighted by atomic mass is 35.5. The molecule has 0 spiro atoms. The second-order valence-electron chi connectivity index (χ2n) is 4.62. The highest BCUT2D eigenvalue weighted by molar-refractivity contribution is 7.11. The van der Waals surface area contributed by atoms with Crippen molar-refractivity contribution in [2.24, 2.45) is 5.73 Å². The van der Waals surface area contributed by atoms with Crippen molar-refractivity contribution >= 4 is 23.7 Å². The van der Waals surface area contributed by atoms with E-state index < -0.39 is 11.9 Å². The molecule has 2 heterocycles. The van der Waals surface area contributed by atoms with E-state index in [4.69, 9.17) is 5.73 Å². The number of rotatable bonds is 2. The summed E-state index contributed by atoms with van der Waals surface area (Å²) in [4.78, 5) is 5.94. The summed E-state index contributed by atoms with van der Waals surface area (Å²) in [5.41, 5.74) is 5.05. The predicted octanol–water partition coefficient (Wildman–Crippen LogP) is 2.82. The fraction of sp³-hybridized carbons (Fsp3) is 0.727. The molecule has 0 unspecified atom stereocenters. The van der Waals surface area contributed by atoms with E-state index in [1.807, 2.05) is 4.90 Å². The van der Waals surface area contributed by atoms with Gasteiger partial charge in [0, 0.05) is 12.6 Å². The molecule has 0 amide bonds. The molecule has 0 saturated carbocycles. The molecule has 2 N–H and O–H groups in total. The number of nitrogens with zero attached hydrogens (tertiary/aromatic N) is 2. The molecule has 19 heavy (non-hydrogen) atoms. The molecule has 1 aliphatic heterocycles. The number of halogens is 4. The van der Waals surface area contributed by atoms with Crippen molar-refractivity contribution in [1.82, 2.24) is 9.88 Å². The number of hydrogen-bond acceptors (Lipinski definition) is 4. The van der Waals surface area contributed by atoms with Gasteiger partial charge in [-0.1, -0.05) is 0 Å². The van der Waals surface area contributed by atoms with Gasteiger partial charge in [-0.05, 0) is 32.9 Å². The summed E-state index contributed by atoms with van der Waals surface area (Å²) in [6, 6.07) is 0.187. The number of nitrogens with two attached hydrogens (primary N) is 1. The Bertz CT molecular complexity index is 414. The Hall–Kier alpha value is -0.370. The van der Waals surface area contributed by atoms with Gasteiger partial charge in [-0.3, -0.25) is 4.90 Å². The highest BCUT2D eigenvalue weighted by Crippen LogP contribution is 2.35. The Labute approximate surface area is 120 Å². The Morgan fingerprint density at radius 1 is 1.37 bits per heavy atom. The van der Waals surface area contributed by atoms with Gasteiger partial charge in [-0.15, -0.1) is 23.7 Å². The van der Waals surface area contributed by atoms with Gasteiger partial charge < -0.3 is 5.73 Å². The lowest BCUT2D eigenvalue weighted by atomic mass is 10.1. The van der Waals surface area contributed by atoms with Crippen LogP contribution in [0.5, 0.6) is 0 Å². The van der Waals surface area contributed by atoms with Gasteiger partial charge >= 0.3 is 6.18 Å². The molecule has 110 valence electrons. The maximum Gasteiger partial charge on any atom is 0.434 e. The molecule has 1 aromatic heterocycles. The summed E-state index contributed by atoms with van der Waals surface area (Å²) in [5, 5.41) is 0.464. The van der Waals surface area contributed by atoms with Crippen LogP contribution in [0.15, 0.2) is 0 Å². The largest absolute Gasteiger partial charge is 0.434 e. The van der Waals surface area contributed by atoms with Gasteiger partial charge in [-0.25, -0.2) is 4.98 Å². The molecule has 1 aromatic rings. The van der Waals surface area contributed by atoms with Crippen molar-refractivity contribution in [3.05, 3.63) is 15.6 Å². The molecule has 0 bridgehead atoms. The zero-order chi connectivity index (χ0) is 13.3. The molecule has 0 atom stereocenters. The lowest BCUT2D eigenvalue weighted by molar-refractivity contribution is -0.141. The minimum Gasteiger partial charge on any atom is -0.328 e. The standard InChI is InChI=1S/C11H16F3N3S.ClH/c1-7-16-10(11(12,13)14)9(18-7)6-17-4-2-8(15)3-5-17;/h8H,2-6,15H2,1H3;1H. The smallest absolute Gasteiger partial charge is 0.328 e.